The molecule has 0 spiro atoms. The number of aliphatic hydroxyl groups is 3. The van der Waals surface area contributed by atoms with Crippen molar-refractivity contribution in [2.24, 2.45) is 0 Å². The van der Waals surface area contributed by atoms with Gasteiger partial charge >= 0.3 is 18.2 Å². The fraction of sp³-hybridized carbons (Fsp3) is 0.409. The highest BCUT2D eigenvalue weighted by molar-refractivity contribution is 7.89. The van der Waals surface area contributed by atoms with Gasteiger partial charge < -0.3 is 30.1 Å². The number of aromatic nitrogens is 6. The minimum atomic E-state index is -4.76. The fourth-order valence-electron chi connectivity index (χ4n) is 3.78. The molecule has 1 aliphatic heterocycles. The predicted molar refractivity (Wildman–Crippen MR) is 134 cm³/mol. The van der Waals surface area contributed by atoms with Crippen LogP contribution in [0.3, 0.4) is 0 Å². The van der Waals surface area contributed by atoms with E-state index in [0.717, 1.165) is 18.2 Å². The summed E-state index contributed by atoms with van der Waals surface area (Å²) in [6.45, 7) is -0.855. The largest absolute Gasteiger partial charge is 0.457 e. The Morgan fingerprint density at radius 3 is 2.50 bits per heavy atom. The van der Waals surface area contributed by atoms with Crippen LogP contribution in [-0.2, 0) is 29.4 Å². The van der Waals surface area contributed by atoms with Crippen molar-refractivity contribution in [2.45, 2.75) is 48.5 Å². The zero-order valence-corrected chi connectivity index (χ0v) is 22.1. The Balaban J connectivity index is 1.47. The van der Waals surface area contributed by atoms with Gasteiger partial charge in [-0.1, -0.05) is 17.2 Å². The van der Waals surface area contributed by atoms with E-state index in [-0.39, 0.29) is 31.8 Å². The molecule has 4 rings (SSSR count). The molecule has 0 amide bonds. The zero-order valence-electron chi connectivity index (χ0n) is 21.3. The van der Waals surface area contributed by atoms with Crippen LogP contribution >= 0.6 is 0 Å². The second-order valence-electron chi connectivity index (χ2n) is 8.71. The van der Waals surface area contributed by atoms with E-state index >= 15 is 0 Å². The Hall–Kier alpha value is -4.13. The Morgan fingerprint density at radius 1 is 1.12 bits per heavy atom. The molecule has 1 aliphatic rings. The van der Waals surface area contributed by atoms with Gasteiger partial charge in [-0.15, -0.1) is 21.3 Å². The highest BCUT2D eigenvalue weighted by Gasteiger charge is 2.41. The number of nitrogens with zero attached hydrogens (tertiary/aromatic N) is 6. The van der Waals surface area contributed by atoms with Crippen LogP contribution in [0.5, 0.6) is 12.0 Å². The van der Waals surface area contributed by atoms with Gasteiger partial charge in [-0.05, 0) is 18.2 Å². The zero-order chi connectivity index (χ0) is 30.5. The van der Waals surface area contributed by atoms with E-state index in [0.29, 0.717) is 11.8 Å². The number of terminal acetylenes is 1. The summed E-state index contributed by atoms with van der Waals surface area (Å²) in [5, 5.41) is 40.2. The van der Waals surface area contributed by atoms with Gasteiger partial charge in [-0.2, -0.15) is 23.1 Å². The fourth-order valence-corrected chi connectivity index (χ4v) is 4.66. The summed E-state index contributed by atoms with van der Waals surface area (Å²) in [6, 6.07) is 0.943. The van der Waals surface area contributed by atoms with E-state index in [2.05, 4.69) is 41.9 Å². The van der Waals surface area contributed by atoms with Crippen LogP contribution in [0.15, 0.2) is 35.4 Å². The number of hydrazine groups is 1. The molecule has 0 unspecified atom stereocenters. The number of rotatable bonds is 12. The lowest BCUT2D eigenvalue weighted by Gasteiger charge is -2.17. The van der Waals surface area contributed by atoms with Gasteiger partial charge in [0.1, 0.15) is 6.61 Å². The predicted octanol–water partition coefficient (Wildman–Crippen LogP) is -1.57. The number of nitrogens with one attached hydrogen (secondary N) is 3. The first-order valence-electron chi connectivity index (χ1n) is 11.9. The lowest BCUT2D eigenvalue weighted by atomic mass is 10.1. The molecule has 1 saturated heterocycles. The Kier molecular flexibility index (Phi) is 9.40. The second kappa shape index (κ2) is 12.8. The minimum Gasteiger partial charge on any atom is -0.457 e. The van der Waals surface area contributed by atoms with Crippen LogP contribution < -0.4 is 25.0 Å². The Labute approximate surface area is 235 Å². The van der Waals surface area contributed by atoms with Gasteiger partial charge in [0.2, 0.25) is 5.95 Å². The molecule has 0 bridgehead atoms. The van der Waals surface area contributed by atoms with Gasteiger partial charge in [0.15, 0.2) is 6.61 Å². The van der Waals surface area contributed by atoms with Crippen molar-refractivity contribution in [1.82, 2.24) is 40.1 Å². The summed E-state index contributed by atoms with van der Waals surface area (Å²) in [5.41, 5.74) is 1.38. The summed E-state index contributed by atoms with van der Waals surface area (Å²) < 4.78 is 76.4. The highest BCUT2D eigenvalue weighted by atomic mass is 32.2. The van der Waals surface area contributed by atoms with E-state index in [1.165, 1.54) is 10.9 Å². The number of ether oxygens (including phenoxy) is 2. The van der Waals surface area contributed by atoms with Gasteiger partial charge in [-0.25, -0.2) is 13.1 Å². The van der Waals surface area contributed by atoms with Crippen LogP contribution in [-0.4, -0.2) is 91.2 Å². The maximum absolute atomic E-state index is 13.0. The molecule has 20 heteroatoms. The summed E-state index contributed by atoms with van der Waals surface area (Å²) in [7, 11) is -4.52. The van der Waals surface area contributed by atoms with Crippen LogP contribution in [0.1, 0.15) is 11.3 Å². The van der Waals surface area contributed by atoms with Crippen molar-refractivity contribution in [3.8, 4) is 24.4 Å². The van der Waals surface area contributed by atoms with Crippen molar-refractivity contribution in [3.05, 3.63) is 41.7 Å². The third-order valence-electron chi connectivity index (χ3n) is 5.86. The maximum Gasteiger partial charge on any atom is 0.416 e. The number of anilines is 1. The molecule has 0 saturated carbocycles. The van der Waals surface area contributed by atoms with Crippen LogP contribution in [0.25, 0.3) is 0 Å². The molecular formula is C22H24F3N9O7S. The second-order valence-corrected chi connectivity index (χ2v) is 10.4. The van der Waals surface area contributed by atoms with Crippen LogP contribution in [0.4, 0.5) is 19.1 Å². The van der Waals surface area contributed by atoms with Gasteiger partial charge in [0, 0.05) is 0 Å². The molecule has 2 aromatic heterocycles. The first-order valence-corrected chi connectivity index (χ1v) is 13.4. The molecule has 0 radical (unpaired) electrons. The average molecular weight is 616 g/mol. The molecule has 0 aliphatic carbocycles. The third-order valence-corrected chi connectivity index (χ3v) is 7.11. The molecular weight excluding hydrogens is 591 g/mol. The molecule has 42 heavy (non-hydrogen) atoms. The number of hydrogen-bond acceptors (Lipinski definition) is 14. The highest BCUT2D eigenvalue weighted by Crippen LogP contribution is 2.30. The minimum absolute atomic E-state index is 0.0469. The van der Waals surface area contributed by atoms with Crippen molar-refractivity contribution in [2.75, 3.05) is 18.6 Å². The number of benzene rings is 1. The average Bonchev–Trinajstić information content (AvgIpc) is 3.52. The van der Waals surface area contributed by atoms with E-state index in [4.69, 9.17) is 15.9 Å². The first kappa shape index (κ1) is 30.8. The molecule has 1 fully saturated rings. The number of hydrogen-bond donors (Lipinski definition) is 6. The quantitative estimate of drug-likeness (QED) is 0.100. The first-order chi connectivity index (χ1) is 19.9. The SMILES string of the molecule is C#CCOc1nc(NNS(=O)(=O)c2cccc(C(F)(F)F)c2)nc(OCc2cnnn2C[C@H]2N[C@H](CO)[C@@H](O)[C@@H]2O)n1. The van der Waals surface area contributed by atoms with Crippen molar-refractivity contribution >= 4 is 16.0 Å². The van der Waals surface area contributed by atoms with Crippen molar-refractivity contribution in [1.29, 1.82) is 0 Å². The monoisotopic (exact) mass is 615 g/mol. The summed E-state index contributed by atoms with van der Waals surface area (Å²) in [5.74, 6) is 1.75. The normalized spacial score (nSPS) is 20.7. The van der Waals surface area contributed by atoms with Gasteiger partial charge in [0.25, 0.3) is 10.0 Å². The molecule has 1 aromatic carbocycles. The summed E-state index contributed by atoms with van der Waals surface area (Å²) in [6.07, 6.45) is -0.604. The smallest absolute Gasteiger partial charge is 0.416 e. The lowest BCUT2D eigenvalue weighted by molar-refractivity contribution is -0.137. The number of sulfonamides is 1. The molecule has 16 nitrogen and oxygen atoms in total. The van der Waals surface area contributed by atoms with E-state index < -0.39 is 63.5 Å². The molecule has 4 atom stereocenters. The van der Waals surface area contributed by atoms with Gasteiger partial charge in [0.05, 0.1) is 59.8 Å². The van der Waals surface area contributed by atoms with Crippen molar-refractivity contribution in [3.63, 3.8) is 0 Å². The summed E-state index contributed by atoms with van der Waals surface area (Å²) in [4.78, 5) is 12.9. The third kappa shape index (κ3) is 7.38. The summed E-state index contributed by atoms with van der Waals surface area (Å²) >= 11 is 0. The Bertz CT molecular complexity index is 1530. The van der Waals surface area contributed by atoms with Gasteiger partial charge in [-0.3, -0.25) is 5.43 Å². The maximum atomic E-state index is 13.0. The number of halogens is 3. The number of aliphatic hydroxyl groups excluding tert-OH is 3. The van der Waals surface area contributed by atoms with Crippen LogP contribution in [0, 0.1) is 12.3 Å². The van der Waals surface area contributed by atoms with Crippen molar-refractivity contribution < 1.29 is 46.4 Å². The molecule has 226 valence electrons. The number of alkyl halides is 3. The molecule has 3 aromatic rings. The lowest BCUT2D eigenvalue weighted by Crippen LogP contribution is -2.38. The topological polar surface area (TPSA) is 219 Å². The van der Waals surface area contributed by atoms with E-state index in [9.17, 15) is 36.9 Å². The van der Waals surface area contributed by atoms with E-state index in [1.807, 2.05) is 4.83 Å². The van der Waals surface area contributed by atoms with Crippen LogP contribution in [0.2, 0.25) is 0 Å². The van der Waals surface area contributed by atoms with E-state index in [1.54, 1.807) is 0 Å². The molecule has 6 N–H and O–H groups in total. The Morgan fingerprint density at radius 2 is 1.83 bits per heavy atom. The molecule has 3 heterocycles. The standard InChI is InChI=1S/C22H24F3N9O7S/c1-2-6-40-20-28-19(31-33-42(38,39)14-5-3-4-12(7-14)22(23,24)25)29-21(30-20)41-11-13-8-26-32-34(13)9-15-17(36)18(37)16(10-35)27-15/h1,3-5,7-8,15-18,27,33,35-37H,6,9-11H2,(H,28,29,30,31)/t15-,16-,17-,18-/m1/s1.